The van der Waals surface area contributed by atoms with Crippen LogP contribution in [0, 0.1) is 5.92 Å². The molecule has 0 aromatic heterocycles. The lowest BCUT2D eigenvalue weighted by Gasteiger charge is -2.15. The van der Waals surface area contributed by atoms with Crippen molar-refractivity contribution in [1.82, 2.24) is 10.2 Å². The second-order valence-electron chi connectivity index (χ2n) is 3.67. The standard InChI is InChI=1S/C9H17N3O2/c1-12(6-7-2-3-7)9(14)8(13)11-5-4-10/h7H,2-6,10H2,1H3,(H,11,13). The van der Waals surface area contributed by atoms with Crippen LogP contribution in [0.15, 0.2) is 0 Å². The number of carbonyl (C=O) groups is 2. The Morgan fingerprint density at radius 3 is 2.64 bits per heavy atom. The summed E-state index contributed by atoms with van der Waals surface area (Å²) in [6.07, 6.45) is 2.34. The quantitative estimate of drug-likeness (QED) is 0.566. The first kappa shape index (κ1) is 11.0. The Hall–Kier alpha value is -1.10. The molecule has 0 radical (unpaired) electrons. The third-order valence-electron chi connectivity index (χ3n) is 2.20. The monoisotopic (exact) mass is 199 g/mol. The Morgan fingerprint density at radius 2 is 2.14 bits per heavy atom. The number of hydrogen-bond donors (Lipinski definition) is 2. The predicted octanol–water partition coefficient (Wildman–Crippen LogP) is -1.07. The molecule has 0 aromatic rings. The average molecular weight is 199 g/mol. The van der Waals surface area contributed by atoms with Gasteiger partial charge in [0.1, 0.15) is 0 Å². The van der Waals surface area contributed by atoms with Crippen LogP contribution in [-0.4, -0.2) is 43.4 Å². The van der Waals surface area contributed by atoms with Gasteiger partial charge in [0.2, 0.25) is 0 Å². The van der Waals surface area contributed by atoms with Crippen molar-refractivity contribution in [2.45, 2.75) is 12.8 Å². The number of nitrogens with one attached hydrogen (secondary N) is 1. The fourth-order valence-electron chi connectivity index (χ4n) is 1.21. The molecule has 0 saturated heterocycles. The van der Waals surface area contributed by atoms with Crippen molar-refractivity contribution in [3.63, 3.8) is 0 Å². The van der Waals surface area contributed by atoms with Gasteiger partial charge in [0.25, 0.3) is 0 Å². The fraction of sp³-hybridized carbons (Fsp3) is 0.778. The van der Waals surface area contributed by atoms with E-state index in [9.17, 15) is 9.59 Å². The van der Waals surface area contributed by atoms with Crippen LogP contribution in [0.4, 0.5) is 0 Å². The molecule has 80 valence electrons. The minimum Gasteiger partial charge on any atom is -0.347 e. The molecule has 3 N–H and O–H groups in total. The highest BCUT2D eigenvalue weighted by atomic mass is 16.2. The highest BCUT2D eigenvalue weighted by molar-refractivity contribution is 6.34. The zero-order chi connectivity index (χ0) is 10.6. The SMILES string of the molecule is CN(CC1CC1)C(=O)C(=O)NCCN. The van der Waals surface area contributed by atoms with E-state index in [1.165, 1.54) is 17.7 Å². The van der Waals surface area contributed by atoms with Gasteiger partial charge in [-0.3, -0.25) is 9.59 Å². The summed E-state index contributed by atoms with van der Waals surface area (Å²) in [5.41, 5.74) is 5.20. The van der Waals surface area contributed by atoms with Crippen molar-refractivity contribution >= 4 is 11.8 Å². The van der Waals surface area contributed by atoms with Crippen LogP contribution >= 0.6 is 0 Å². The lowest BCUT2D eigenvalue weighted by atomic mass is 10.3. The fourth-order valence-corrected chi connectivity index (χ4v) is 1.21. The normalized spacial score (nSPS) is 15.0. The molecule has 0 atom stereocenters. The van der Waals surface area contributed by atoms with Crippen LogP contribution in [0.1, 0.15) is 12.8 Å². The van der Waals surface area contributed by atoms with E-state index >= 15 is 0 Å². The van der Waals surface area contributed by atoms with Crippen molar-refractivity contribution in [2.75, 3.05) is 26.7 Å². The van der Waals surface area contributed by atoms with Crippen LogP contribution < -0.4 is 11.1 Å². The molecule has 0 spiro atoms. The first-order valence-electron chi connectivity index (χ1n) is 4.88. The van der Waals surface area contributed by atoms with Gasteiger partial charge in [-0.05, 0) is 18.8 Å². The molecule has 2 amide bonds. The molecule has 0 aliphatic heterocycles. The predicted molar refractivity (Wildman–Crippen MR) is 52.4 cm³/mol. The molecular formula is C9H17N3O2. The molecule has 5 heteroatoms. The first-order valence-corrected chi connectivity index (χ1v) is 4.88. The maximum atomic E-state index is 11.4. The molecule has 1 fully saturated rings. The van der Waals surface area contributed by atoms with Gasteiger partial charge in [-0.25, -0.2) is 0 Å². The molecule has 0 unspecified atom stereocenters. The van der Waals surface area contributed by atoms with E-state index in [0.29, 0.717) is 25.6 Å². The Morgan fingerprint density at radius 1 is 1.50 bits per heavy atom. The van der Waals surface area contributed by atoms with E-state index in [-0.39, 0.29) is 0 Å². The first-order chi connectivity index (χ1) is 6.65. The van der Waals surface area contributed by atoms with E-state index in [2.05, 4.69) is 5.32 Å². The summed E-state index contributed by atoms with van der Waals surface area (Å²) in [5.74, 6) is -0.421. The number of rotatable bonds is 4. The second kappa shape index (κ2) is 4.95. The molecule has 1 saturated carbocycles. The van der Waals surface area contributed by atoms with Crippen LogP contribution in [0.3, 0.4) is 0 Å². The topological polar surface area (TPSA) is 75.4 Å². The Bertz CT molecular complexity index is 226. The summed E-state index contributed by atoms with van der Waals surface area (Å²) >= 11 is 0. The van der Waals surface area contributed by atoms with Crippen molar-refractivity contribution in [3.8, 4) is 0 Å². The number of amides is 2. The van der Waals surface area contributed by atoms with Gasteiger partial charge in [-0.1, -0.05) is 0 Å². The van der Waals surface area contributed by atoms with Gasteiger partial charge < -0.3 is 16.0 Å². The van der Waals surface area contributed by atoms with Crippen LogP contribution in [-0.2, 0) is 9.59 Å². The highest BCUT2D eigenvalue weighted by Gasteiger charge is 2.27. The van der Waals surface area contributed by atoms with E-state index in [1.54, 1.807) is 7.05 Å². The minimum absolute atomic E-state index is 0.349. The van der Waals surface area contributed by atoms with E-state index in [1.807, 2.05) is 0 Å². The summed E-state index contributed by atoms with van der Waals surface area (Å²) in [6, 6.07) is 0. The number of likely N-dealkylation sites (N-methyl/N-ethyl adjacent to an activating group) is 1. The molecule has 5 nitrogen and oxygen atoms in total. The number of hydrogen-bond acceptors (Lipinski definition) is 3. The molecule has 1 aliphatic rings. The summed E-state index contributed by atoms with van der Waals surface area (Å²) in [7, 11) is 1.66. The number of nitrogens with two attached hydrogens (primary N) is 1. The molecule has 1 aliphatic carbocycles. The molecule has 14 heavy (non-hydrogen) atoms. The number of carbonyl (C=O) groups excluding carboxylic acids is 2. The largest absolute Gasteiger partial charge is 0.347 e. The third-order valence-corrected chi connectivity index (χ3v) is 2.20. The van der Waals surface area contributed by atoms with E-state index in [0.717, 1.165) is 0 Å². The molecular weight excluding hydrogens is 182 g/mol. The van der Waals surface area contributed by atoms with Crippen LogP contribution in [0.25, 0.3) is 0 Å². The van der Waals surface area contributed by atoms with Crippen molar-refractivity contribution < 1.29 is 9.59 Å². The Kier molecular flexibility index (Phi) is 3.88. The molecule has 0 aromatic carbocycles. The molecule has 0 heterocycles. The lowest BCUT2D eigenvalue weighted by Crippen LogP contribution is -2.43. The van der Waals surface area contributed by atoms with Gasteiger partial charge in [0.05, 0.1) is 0 Å². The molecule has 1 rings (SSSR count). The maximum absolute atomic E-state index is 11.4. The van der Waals surface area contributed by atoms with Crippen LogP contribution in [0.5, 0.6) is 0 Å². The Balaban J connectivity index is 2.26. The maximum Gasteiger partial charge on any atom is 0.311 e. The average Bonchev–Trinajstić information content (AvgIpc) is 2.96. The minimum atomic E-state index is -0.557. The van der Waals surface area contributed by atoms with Gasteiger partial charge >= 0.3 is 11.8 Å². The van der Waals surface area contributed by atoms with E-state index in [4.69, 9.17) is 5.73 Å². The van der Waals surface area contributed by atoms with E-state index < -0.39 is 11.8 Å². The summed E-state index contributed by atoms with van der Waals surface area (Å²) < 4.78 is 0. The van der Waals surface area contributed by atoms with Crippen molar-refractivity contribution in [3.05, 3.63) is 0 Å². The highest BCUT2D eigenvalue weighted by Crippen LogP contribution is 2.29. The second-order valence-corrected chi connectivity index (χ2v) is 3.67. The number of nitrogens with zero attached hydrogens (tertiary/aromatic N) is 1. The third kappa shape index (κ3) is 3.33. The summed E-state index contributed by atoms with van der Waals surface area (Å²) in [5, 5.41) is 2.45. The zero-order valence-corrected chi connectivity index (χ0v) is 8.45. The summed E-state index contributed by atoms with van der Waals surface area (Å²) in [4.78, 5) is 24.0. The smallest absolute Gasteiger partial charge is 0.311 e. The van der Waals surface area contributed by atoms with Gasteiger partial charge in [-0.2, -0.15) is 0 Å². The van der Waals surface area contributed by atoms with Crippen molar-refractivity contribution in [1.29, 1.82) is 0 Å². The van der Waals surface area contributed by atoms with Gasteiger partial charge in [0.15, 0.2) is 0 Å². The van der Waals surface area contributed by atoms with Gasteiger partial charge in [-0.15, -0.1) is 0 Å². The van der Waals surface area contributed by atoms with Gasteiger partial charge in [0, 0.05) is 26.7 Å². The zero-order valence-electron chi connectivity index (χ0n) is 8.45. The Labute approximate surface area is 83.6 Å². The van der Waals surface area contributed by atoms with Crippen LogP contribution in [0.2, 0.25) is 0 Å². The molecule has 0 bridgehead atoms. The summed E-state index contributed by atoms with van der Waals surface area (Å²) in [6.45, 7) is 1.39. The lowest BCUT2D eigenvalue weighted by molar-refractivity contribution is -0.145. The van der Waals surface area contributed by atoms with Crippen molar-refractivity contribution in [2.24, 2.45) is 11.7 Å².